The van der Waals surface area contributed by atoms with Gasteiger partial charge < -0.3 is 5.32 Å². The van der Waals surface area contributed by atoms with Gasteiger partial charge in [-0.05, 0) is 17.7 Å². The van der Waals surface area contributed by atoms with Gasteiger partial charge in [-0.15, -0.1) is 0 Å². The van der Waals surface area contributed by atoms with E-state index in [9.17, 15) is 9.59 Å². The zero-order valence-corrected chi connectivity index (χ0v) is 9.54. The number of halogens is 1. The molecule has 1 heterocycles. The highest BCUT2D eigenvalue weighted by Gasteiger charge is 2.07. The molecule has 3 N–H and O–H groups in total. The first kappa shape index (κ1) is 11.5. The largest absolute Gasteiger partial charge is 0.347 e. The summed E-state index contributed by atoms with van der Waals surface area (Å²) in [5.74, 6) is -0.335. The Labute approximate surface area is 102 Å². The van der Waals surface area contributed by atoms with Crippen LogP contribution in [-0.2, 0) is 6.54 Å². The van der Waals surface area contributed by atoms with E-state index in [1.165, 1.54) is 6.07 Å². The number of benzene rings is 1. The number of hydrogen-bond donors (Lipinski definition) is 3. The Kier molecular flexibility index (Phi) is 3.30. The number of rotatable bonds is 3. The van der Waals surface area contributed by atoms with Crippen LogP contribution in [0.15, 0.2) is 35.1 Å². The van der Waals surface area contributed by atoms with Crippen molar-refractivity contribution in [1.29, 1.82) is 0 Å². The second kappa shape index (κ2) is 4.88. The zero-order chi connectivity index (χ0) is 12.3. The molecule has 2 aromatic rings. The van der Waals surface area contributed by atoms with E-state index in [0.717, 1.165) is 5.56 Å². The van der Waals surface area contributed by atoms with Gasteiger partial charge in [0.2, 0.25) is 0 Å². The molecule has 0 aliphatic rings. The van der Waals surface area contributed by atoms with Gasteiger partial charge in [-0.3, -0.25) is 19.8 Å². The lowest BCUT2D eigenvalue weighted by atomic mass is 10.2. The van der Waals surface area contributed by atoms with Gasteiger partial charge in [0.05, 0.1) is 0 Å². The Morgan fingerprint density at radius 2 is 1.94 bits per heavy atom. The van der Waals surface area contributed by atoms with Crippen LogP contribution in [-0.4, -0.2) is 16.1 Å². The number of hydrogen-bond acceptors (Lipinski definition) is 2. The molecule has 0 radical (unpaired) electrons. The summed E-state index contributed by atoms with van der Waals surface area (Å²) >= 11 is 5.74. The van der Waals surface area contributed by atoms with Crippen LogP contribution in [0.25, 0.3) is 0 Å². The average molecular weight is 252 g/mol. The molecule has 0 atom stereocenters. The van der Waals surface area contributed by atoms with Gasteiger partial charge in [-0.25, -0.2) is 0 Å². The van der Waals surface area contributed by atoms with Crippen molar-refractivity contribution in [3.63, 3.8) is 0 Å². The minimum Gasteiger partial charge on any atom is -0.347 e. The number of carbonyl (C=O) groups is 1. The summed E-state index contributed by atoms with van der Waals surface area (Å²) in [4.78, 5) is 22.4. The maximum atomic E-state index is 11.6. The monoisotopic (exact) mass is 251 g/mol. The average Bonchev–Trinajstić information content (AvgIpc) is 2.75. The van der Waals surface area contributed by atoms with E-state index < -0.39 is 0 Å². The summed E-state index contributed by atoms with van der Waals surface area (Å²) in [5.41, 5.74) is 0.811. The van der Waals surface area contributed by atoms with Gasteiger partial charge in [-0.2, -0.15) is 0 Å². The summed E-state index contributed by atoms with van der Waals surface area (Å²) < 4.78 is 0. The molecular weight excluding hydrogens is 242 g/mol. The topological polar surface area (TPSA) is 77.8 Å². The van der Waals surface area contributed by atoms with Gasteiger partial charge in [0, 0.05) is 17.6 Å². The molecule has 0 saturated heterocycles. The third-order valence-electron chi connectivity index (χ3n) is 2.21. The number of carbonyl (C=O) groups excluding carboxylic acids is 1. The van der Waals surface area contributed by atoms with Gasteiger partial charge in [0.25, 0.3) is 11.5 Å². The van der Waals surface area contributed by atoms with E-state index in [1.807, 2.05) is 12.1 Å². The lowest BCUT2D eigenvalue weighted by molar-refractivity contribution is 0.0946. The van der Waals surface area contributed by atoms with Crippen molar-refractivity contribution < 1.29 is 4.79 Å². The van der Waals surface area contributed by atoms with E-state index >= 15 is 0 Å². The first-order chi connectivity index (χ1) is 8.15. The molecule has 0 fully saturated rings. The summed E-state index contributed by atoms with van der Waals surface area (Å²) in [6, 6.07) is 8.35. The van der Waals surface area contributed by atoms with Crippen LogP contribution in [0.4, 0.5) is 0 Å². The quantitative estimate of drug-likeness (QED) is 0.769. The predicted octanol–water partition coefficient (Wildman–Crippen LogP) is 1.29. The van der Waals surface area contributed by atoms with Crippen molar-refractivity contribution in [3.8, 4) is 0 Å². The molecule has 0 aliphatic heterocycles. The highest BCUT2D eigenvalue weighted by Crippen LogP contribution is 2.09. The van der Waals surface area contributed by atoms with Gasteiger partial charge >= 0.3 is 0 Å². The lowest BCUT2D eigenvalue weighted by Gasteiger charge is -2.03. The normalized spacial score (nSPS) is 10.2. The molecular formula is C11H10ClN3O2. The van der Waals surface area contributed by atoms with E-state index in [0.29, 0.717) is 11.6 Å². The Balaban J connectivity index is 1.96. The van der Waals surface area contributed by atoms with Gasteiger partial charge in [-0.1, -0.05) is 23.7 Å². The summed E-state index contributed by atoms with van der Waals surface area (Å²) in [5, 5.41) is 8.10. The summed E-state index contributed by atoms with van der Waals surface area (Å²) in [7, 11) is 0. The molecule has 17 heavy (non-hydrogen) atoms. The maximum absolute atomic E-state index is 11.6. The van der Waals surface area contributed by atoms with Crippen molar-refractivity contribution >= 4 is 17.5 Å². The number of amides is 1. The Morgan fingerprint density at radius 1 is 1.24 bits per heavy atom. The molecule has 0 unspecified atom stereocenters. The first-order valence-corrected chi connectivity index (χ1v) is 5.33. The van der Waals surface area contributed by atoms with Crippen LogP contribution in [0.2, 0.25) is 5.02 Å². The fourth-order valence-electron chi connectivity index (χ4n) is 1.33. The Bertz CT molecular complexity index is 571. The predicted molar refractivity (Wildman–Crippen MR) is 64.0 cm³/mol. The van der Waals surface area contributed by atoms with E-state index in [2.05, 4.69) is 15.5 Å². The molecule has 0 spiro atoms. The van der Waals surface area contributed by atoms with Crippen molar-refractivity contribution in [1.82, 2.24) is 15.5 Å². The minimum atomic E-state index is -0.335. The van der Waals surface area contributed by atoms with Crippen LogP contribution >= 0.6 is 11.6 Å². The van der Waals surface area contributed by atoms with Crippen molar-refractivity contribution in [3.05, 3.63) is 57.0 Å². The summed E-state index contributed by atoms with van der Waals surface area (Å²) in [6.45, 7) is 0.378. The smallest absolute Gasteiger partial charge is 0.269 e. The third kappa shape index (κ3) is 2.98. The standard InChI is InChI=1S/C11H10ClN3O2/c12-8-3-1-7(2-4-8)6-13-11(17)9-5-10(16)15-14-9/h1-5H,6H2,(H,13,17)(H2,14,15,16). The molecule has 88 valence electrons. The fourth-order valence-corrected chi connectivity index (χ4v) is 1.46. The first-order valence-electron chi connectivity index (χ1n) is 4.95. The van der Waals surface area contributed by atoms with E-state index in [-0.39, 0.29) is 17.2 Å². The number of aromatic amines is 2. The molecule has 1 aromatic heterocycles. The lowest BCUT2D eigenvalue weighted by Crippen LogP contribution is -2.23. The van der Waals surface area contributed by atoms with Crippen molar-refractivity contribution in [2.45, 2.75) is 6.54 Å². The molecule has 1 amide bonds. The molecule has 5 nitrogen and oxygen atoms in total. The van der Waals surface area contributed by atoms with Gasteiger partial charge in [0.15, 0.2) is 0 Å². The SMILES string of the molecule is O=C(NCc1ccc(Cl)cc1)c1cc(=O)[nH][nH]1. The fraction of sp³-hybridized carbons (Fsp3) is 0.0909. The maximum Gasteiger partial charge on any atom is 0.269 e. The highest BCUT2D eigenvalue weighted by molar-refractivity contribution is 6.30. The molecule has 0 saturated carbocycles. The molecule has 6 heteroatoms. The van der Waals surface area contributed by atoms with Crippen LogP contribution in [0.1, 0.15) is 16.1 Å². The molecule has 1 aromatic carbocycles. The Morgan fingerprint density at radius 3 is 2.53 bits per heavy atom. The highest BCUT2D eigenvalue weighted by atomic mass is 35.5. The second-order valence-corrected chi connectivity index (χ2v) is 3.92. The minimum absolute atomic E-state index is 0.212. The van der Waals surface area contributed by atoms with Gasteiger partial charge in [0.1, 0.15) is 5.69 Å². The number of H-pyrrole nitrogens is 2. The summed E-state index contributed by atoms with van der Waals surface area (Å²) in [6.07, 6.45) is 0. The van der Waals surface area contributed by atoms with Crippen LogP contribution in [0, 0.1) is 0 Å². The molecule has 2 rings (SSSR count). The molecule has 0 aliphatic carbocycles. The number of nitrogens with one attached hydrogen (secondary N) is 3. The van der Waals surface area contributed by atoms with Crippen molar-refractivity contribution in [2.24, 2.45) is 0 Å². The van der Waals surface area contributed by atoms with Crippen molar-refractivity contribution in [2.75, 3.05) is 0 Å². The van der Waals surface area contributed by atoms with E-state index in [4.69, 9.17) is 11.6 Å². The second-order valence-electron chi connectivity index (χ2n) is 3.48. The number of aromatic nitrogens is 2. The van der Waals surface area contributed by atoms with Crippen LogP contribution < -0.4 is 10.9 Å². The Hall–Kier alpha value is -2.01. The third-order valence-corrected chi connectivity index (χ3v) is 2.46. The van der Waals surface area contributed by atoms with Crippen LogP contribution in [0.5, 0.6) is 0 Å². The van der Waals surface area contributed by atoms with Crippen LogP contribution in [0.3, 0.4) is 0 Å². The van der Waals surface area contributed by atoms with E-state index in [1.54, 1.807) is 12.1 Å². The molecule has 0 bridgehead atoms. The zero-order valence-electron chi connectivity index (χ0n) is 8.79.